The Labute approximate surface area is 168 Å². The average molecular weight is 368 g/mol. The largest absolute Gasteiger partial charge is 2.00 e. The van der Waals surface area contributed by atoms with Gasteiger partial charge < -0.3 is 13.3 Å². The molecular formula is C17H17MgN3O3S. The number of benzene rings is 1. The van der Waals surface area contributed by atoms with Crippen molar-refractivity contribution in [2.75, 3.05) is 5.32 Å². The van der Waals surface area contributed by atoms with Gasteiger partial charge in [-0.15, -0.1) is 0 Å². The normalized spacial score (nSPS) is 18.8. The Bertz CT molecular complexity index is 827. The molecule has 3 rings (SSSR count). The molecule has 1 heterocycles. The summed E-state index contributed by atoms with van der Waals surface area (Å²) in [6.07, 6.45) is 1.43. The van der Waals surface area contributed by atoms with Crippen molar-refractivity contribution < 1.29 is 17.5 Å². The molecule has 6 nitrogen and oxygen atoms in total. The van der Waals surface area contributed by atoms with Crippen molar-refractivity contribution in [1.29, 1.82) is 5.26 Å². The summed E-state index contributed by atoms with van der Waals surface area (Å²) < 4.78 is 0. The molecule has 0 saturated heterocycles. The molecule has 1 amide bonds. The number of hydrogen-bond donors (Lipinski definition) is 2. The van der Waals surface area contributed by atoms with Crippen molar-refractivity contribution in [2.45, 2.75) is 19.3 Å². The first-order valence-electron chi connectivity index (χ1n) is 7.58. The summed E-state index contributed by atoms with van der Waals surface area (Å²) in [6.45, 7) is 0. The number of nitriles is 1. The Balaban J connectivity index is 0.00000225. The molecule has 2 atom stereocenters. The van der Waals surface area contributed by atoms with E-state index in [0.717, 1.165) is 16.9 Å². The number of anilines is 1. The number of nitrogens with zero attached hydrogens (tertiary/aromatic N) is 2. The van der Waals surface area contributed by atoms with Crippen molar-refractivity contribution in [3.05, 3.63) is 35.2 Å². The summed E-state index contributed by atoms with van der Waals surface area (Å²) in [6, 6.07) is 11.4. The van der Waals surface area contributed by atoms with Crippen molar-refractivity contribution in [1.82, 2.24) is 4.98 Å². The fourth-order valence-corrected chi connectivity index (χ4v) is 3.68. The van der Waals surface area contributed by atoms with Crippen LogP contribution < -0.4 is 5.32 Å². The first-order valence-corrected chi connectivity index (χ1v) is 8.40. The third kappa shape index (κ3) is 4.37. The SMILES string of the molecule is N#Cc1sc(NC(=O)[C@H]2CC[C@@H](C(=O)O)C2)nc1-c1ccccc1.[H-].[H-].[Mg+2]. The molecule has 1 aliphatic carbocycles. The van der Waals surface area contributed by atoms with Crippen molar-refractivity contribution >= 4 is 51.4 Å². The van der Waals surface area contributed by atoms with Gasteiger partial charge in [0.15, 0.2) is 5.13 Å². The van der Waals surface area contributed by atoms with Crippen LogP contribution in [0.2, 0.25) is 0 Å². The maximum Gasteiger partial charge on any atom is 2.00 e. The maximum atomic E-state index is 12.3. The molecule has 25 heavy (non-hydrogen) atoms. The van der Waals surface area contributed by atoms with E-state index in [0.29, 0.717) is 35.0 Å². The van der Waals surface area contributed by atoms with Crippen molar-refractivity contribution in [3.8, 4) is 17.3 Å². The van der Waals surface area contributed by atoms with Gasteiger partial charge in [-0.3, -0.25) is 9.59 Å². The number of carbonyl (C=O) groups excluding carboxylic acids is 1. The zero-order chi connectivity index (χ0) is 17.1. The predicted octanol–water partition coefficient (Wildman–Crippen LogP) is 2.97. The van der Waals surface area contributed by atoms with Gasteiger partial charge in [0.1, 0.15) is 16.6 Å². The number of aromatic nitrogens is 1. The van der Waals surface area contributed by atoms with Crippen LogP contribution in [0.4, 0.5) is 5.13 Å². The predicted molar refractivity (Wildman–Crippen MR) is 97.3 cm³/mol. The molecule has 0 unspecified atom stereocenters. The Morgan fingerprint density at radius 3 is 2.56 bits per heavy atom. The van der Waals surface area contributed by atoms with E-state index in [2.05, 4.69) is 16.4 Å². The summed E-state index contributed by atoms with van der Waals surface area (Å²) in [5.41, 5.74) is 1.37. The Kier molecular flexibility index (Phi) is 6.53. The maximum absolute atomic E-state index is 12.3. The van der Waals surface area contributed by atoms with Crippen LogP contribution >= 0.6 is 11.3 Å². The van der Waals surface area contributed by atoms with E-state index in [9.17, 15) is 14.9 Å². The van der Waals surface area contributed by atoms with Crippen molar-refractivity contribution in [2.24, 2.45) is 11.8 Å². The van der Waals surface area contributed by atoms with E-state index >= 15 is 0 Å². The molecule has 1 aliphatic rings. The van der Waals surface area contributed by atoms with Crippen LogP contribution in [0.25, 0.3) is 11.3 Å². The van der Waals surface area contributed by atoms with Crippen LogP contribution in [0.5, 0.6) is 0 Å². The van der Waals surface area contributed by atoms with E-state index in [4.69, 9.17) is 5.11 Å². The molecule has 8 heteroatoms. The third-order valence-electron chi connectivity index (χ3n) is 4.16. The standard InChI is InChI=1S/C17H15N3O3S.Mg.2H/c18-9-13-14(10-4-2-1-3-5-10)19-17(24-13)20-15(21)11-6-7-12(8-11)16(22)23;;;/h1-5,11-12H,6-8H2,(H,22,23)(H,19,20,21);;;/q;+2;2*-1/t11-,12+;;;/m0.../s1. The van der Waals surface area contributed by atoms with Gasteiger partial charge in [0.25, 0.3) is 0 Å². The number of carbonyl (C=O) groups is 2. The fourth-order valence-electron chi connectivity index (χ4n) is 2.89. The zero-order valence-corrected chi connectivity index (χ0v) is 15.7. The van der Waals surface area contributed by atoms with Crippen LogP contribution in [0.1, 0.15) is 27.0 Å². The fraction of sp³-hybridized carbons (Fsp3) is 0.294. The van der Waals surface area contributed by atoms with Gasteiger partial charge in [0, 0.05) is 11.5 Å². The number of rotatable bonds is 4. The number of carboxylic acid groups (broad SMARTS) is 1. The topological polar surface area (TPSA) is 103 Å². The van der Waals surface area contributed by atoms with Gasteiger partial charge in [0.2, 0.25) is 5.91 Å². The van der Waals surface area contributed by atoms with E-state index in [1.807, 2.05) is 30.3 Å². The van der Waals surface area contributed by atoms with E-state index in [1.165, 1.54) is 0 Å². The molecule has 2 aromatic rings. The zero-order valence-electron chi connectivity index (χ0n) is 15.4. The van der Waals surface area contributed by atoms with Crippen LogP contribution in [0.15, 0.2) is 30.3 Å². The molecular weight excluding hydrogens is 351 g/mol. The first kappa shape index (κ1) is 19.4. The second-order valence-electron chi connectivity index (χ2n) is 5.71. The summed E-state index contributed by atoms with van der Waals surface area (Å²) >= 11 is 1.13. The number of hydrogen-bond acceptors (Lipinski definition) is 5. The van der Waals surface area contributed by atoms with E-state index in [-0.39, 0.29) is 37.7 Å². The molecule has 0 aliphatic heterocycles. The molecule has 126 valence electrons. The third-order valence-corrected chi connectivity index (χ3v) is 5.03. The average Bonchev–Trinajstić information content (AvgIpc) is 3.22. The number of amides is 1. The van der Waals surface area contributed by atoms with Crippen LogP contribution in [0, 0.1) is 23.2 Å². The molecule has 1 fully saturated rings. The van der Waals surface area contributed by atoms with Gasteiger partial charge in [-0.2, -0.15) is 5.26 Å². The Morgan fingerprint density at radius 2 is 1.96 bits per heavy atom. The number of aliphatic carboxylic acids is 1. The minimum atomic E-state index is -0.849. The summed E-state index contributed by atoms with van der Waals surface area (Å²) in [5, 5.41) is 21.4. The van der Waals surface area contributed by atoms with Gasteiger partial charge in [0.05, 0.1) is 5.92 Å². The van der Waals surface area contributed by atoms with Gasteiger partial charge in [-0.05, 0) is 19.3 Å². The summed E-state index contributed by atoms with van der Waals surface area (Å²) in [4.78, 5) is 28.1. The van der Waals surface area contributed by atoms with Crippen LogP contribution in [-0.4, -0.2) is 45.0 Å². The Morgan fingerprint density at radius 1 is 1.28 bits per heavy atom. The second kappa shape index (κ2) is 8.42. The van der Waals surface area contributed by atoms with Crippen LogP contribution in [0.3, 0.4) is 0 Å². The van der Waals surface area contributed by atoms with E-state index in [1.54, 1.807) is 0 Å². The Hall–Kier alpha value is -1.95. The monoisotopic (exact) mass is 367 g/mol. The summed E-state index contributed by atoms with van der Waals surface area (Å²) in [5.74, 6) is -1.85. The molecule has 1 aromatic heterocycles. The van der Waals surface area contributed by atoms with Crippen molar-refractivity contribution in [3.63, 3.8) is 0 Å². The molecule has 1 saturated carbocycles. The molecule has 1 aromatic carbocycles. The molecule has 2 N–H and O–H groups in total. The number of carboxylic acids is 1. The van der Waals surface area contributed by atoms with Gasteiger partial charge in [-0.25, -0.2) is 4.98 Å². The molecule has 0 radical (unpaired) electrons. The second-order valence-corrected chi connectivity index (χ2v) is 6.71. The van der Waals surface area contributed by atoms with Gasteiger partial charge in [-0.1, -0.05) is 41.7 Å². The molecule has 0 bridgehead atoms. The summed E-state index contributed by atoms with van der Waals surface area (Å²) in [7, 11) is 0. The van der Waals surface area contributed by atoms with E-state index < -0.39 is 11.9 Å². The van der Waals surface area contributed by atoms with Gasteiger partial charge >= 0.3 is 29.0 Å². The number of thiazole rings is 1. The van der Waals surface area contributed by atoms with Crippen LogP contribution in [-0.2, 0) is 9.59 Å². The molecule has 0 spiro atoms. The minimum Gasteiger partial charge on any atom is -1.00 e. The minimum absolute atomic E-state index is 0. The quantitative estimate of drug-likeness (QED) is 0.809. The smallest absolute Gasteiger partial charge is 1.00 e. The number of nitrogens with one attached hydrogen (secondary N) is 1. The first-order chi connectivity index (χ1) is 11.6.